The minimum Gasteiger partial charge on any atom is -0.455 e. The number of aliphatic hydroxyl groups excluding tert-OH is 1. The quantitative estimate of drug-likeness (QED) is 0.908. The van der Waals surface area contributed by atoms with Crippen LogP contribution >= 0.6 is 0 Å². The smallest absolute Gasteiger partial charge is 0.145 e. The minimum absolute atomic E-state index is 0.292. The number of benzene rings is 1. The number of ether oxygens (including phenoxy) is 1. The fraction of sp³-hybridized carbons (Fsp3) is 0.450. The number of nitrogens with zero attached hydrogens (tertiary/aromatic N) is 2. The van der Waals surface area contributed by atoms with Crippen molar-refractivity contribution in [2.75, 3.05) is 13.2 Å². The van der Waals surface area contributed by atoms with Crippen LogP contribution in [0.4, 0.5) is 0 Å². The molecule has 0 bridgehead atoms. The zero-order chi connectivity index (χ0) is 16.9. The van der Waals surface area contributed by atoms with Gasteiger partial charge in [-0.1, -0.05) is 12.1 Å². The van der Waals surface area contributed by atoms with E-state index in [1.807, 2.05) is 18.2 Å². The maximum Gasteiger partial charge on any atom is 0.145 e. The summed E-state index contributed by atoms with van der Waals surface area (Å²) >= 11 is 0. The van der Waals surface area contributed by atoms with Gasteiger partial charge in [-0.05, 0) is 61.9 Å². The van der Waals surface area contributed by atoms with Crippen LogP contribution in [0, 0.1) is 12.8 Å². The van der Waals surface area contributed by atoms with Crippen LogP contribution in [0.25, 0.3) is 0 Å². The first kappa shape index (κ1) is 16.9. The van der Waals surface area contributed by atoms with Crippen LogP contribution in [0.3, 0.4) is 0 Å². The maximum absolute atomic E-state index is 9.43. The van der Waals surface area contributed by atoms with E-state index in [1.54, 1.807) is 12.4 Å². The number of hydrogen-bond donors (Lipinski definition) is 1. The van der Waals surface area contributed by atoms with Gasteiger partial charge in [-0.3, -0.25) is 9.88 Å². The van der Waals surface area contributed by atoms with Crippen LogP contribution in [0.5, 0.6) is 11.5 Å². The molecule has 1 aliphatic heterocycles. The second-order valence-electron chi connectivity index (χ2n) is 6.80. The summed E-state index contributed by atoms with van der Waals surface area (Å²) < 4.78 is 5.90. The summed E-state index contributed by atoms with van der Waals surface area (Å²) in [4.78, 5) is 6.55. The van der Waals surface area contributed by atoms with Crippen molar-refractivity contribution in [3.05, 3.63) is 53.9 Å². The molecule has 2 heterocycles. The maximum atomic E-state index is 9.43. The van der Waals surface area contributed by atoms with Crippen LogP contribution in [-0.4, -0.2) is 34.2 Å². The zero-order valence-corrected chi connectivity index (χ0v) is 14.5. The molecule has 128 valence electrons. The molecule has 1 N–H and O–H groups in total. The van der Waals surface area contributed by atoms with Crippen LogP contribution in [0.2, 0.25) is 0 Å². The number of aromatic nitrogens is 1. The molecule has 4 nitrogen and oxygen atoms in total. The van der Waals surface area contributed by atoms with E-state index in [9.17, 15) is 5.11 Å². The second kappa shape index (κ2) is 7.77. The zero-order valence-electron chi connectivity index (χ0n) is 14.5. The molecule has 1 aliphatic rings. The summed E-state index contributed by atoms with van der Waals surface area (Å²) in [6.45, 7) is 6.54. The van der Waals surface area contributed by atoms with Gasteiger partial charge in [0, 0.05) is 31.9 Å². The van der Waals surface area contributed by atoms with Crippen LogP contribution < -0.4 is 4.74 Å². The Morgan fingerprint density at radius 3 is 2.88 bits per heavy atom. The highest BCUT2D eigenvalue weighted by Crippen LogP contribution is 2.27. The third kappa shape index (κ3) is 4.13. The lowest BCUT2D eigenvalue weighted by atomic mass is 9.93. The molecular formula is C20H26N2O2. The molecule has 4 heteroatoms. The number of pyridine rings is 1. The minimum atomic E-state index is 0.292. The van der Waals surface area contributed by atoms with Gasteiger partial charge < -0.3 is 9.84 Å². The second-order valence-corrected chi connectivity index (χ2v) is 6.80. The van der Waals surface area contributed by atoms with Crippen molar-refractivity contribution < 1.29 is 9.84 Å². The fourth-order valence-corrected chi connectivity index (χ4v) is 3.33. The Labute approximate surface area is 144 Å². The number of hydrogen-bond acceptors (Lipinski definition) is 4. The number of likely N-dealkylation sites (tertiary alicyclic amines) is 1. The molecule has 24 heavy (non-hydrogen) atoms. The van der Waals surface area contributed by atoms with Crippen LogP contribution in [0.1, 0.15) is 30.9 Å². The Kier molecular flexibility index (Phi) is 5.48. The molecule has 1 aromatic heterocycles. The third-order valence-corrected chi connectivity index (χ3v) is 4.85. The number of piperidine rings is 1. The molecule has 1 aromatic carbocycles. The van der Waals surface area contributed by atoms with E-state index in [-0.39, 0.29) is 0 Å². The lowest BCUT2D eigenvalue weighted by Gasteiger charge is -2.37. The molecule has 2 aromatic rings. The highest BCUT2D eigenvalue weighted by Gasteiger charge is 2.24. The van der Waals surface area contributed by atoms with Crippen LogP contribution in [-0.2, 0) is 6.54 Å². The van der Waals surface area contributed by atoms with Gasteiger partial charge in [0.25, 0.3) is 0 Å². The van der Waals surface area contributed by atoms with Gasteiger partial charge in [-0.15, -0.1) is 0 Å². The van der Waals surface area contributed by atoms with E-state index in [1.165, 1.54) is 5.56 Å². The summed E-state index contributed by atoms with van der Waals surface area (Å²) in [6.07, 6.45) is 5.75. The third-order valence-electron chi connectivity index (χ3n) is 4.85. The van der Waals surface area contributed by atoms with Crippen molar-refractivity contribution >= 4 is 0 Å². The largest absolute Gasteiger partial charge is 0.455 e. The Hall–Kier alpha value is -1.91. The van der Waals surface area contributed by atoms with Gasteiger partial charge in [-0.25, -0.2) is 0 Å². The fourth-order valence-electron chi connectivity index (χ4n) is 3.33. The summed E-state index contributed by atoms with van der Waals surface area (Å²) in [6, 6.07) is 10.7. The first-order valence-electron chi connectivity index (χ1n) is 8.68. The standard InChI is InChI=1S/C20H26N2O2/c1-15-10-17(12-22-13-18(14-23)6-5-16(22)2)7-8-20(15)24-19-4-3-9-21-11-19/h3-4,7-11,16,18,23H,5-6,12-14H2,1-2H3. The molecular weight excluding hydrogens is 300 g/mol. The van der Waals surface area contributed by atoms with Crippen molar-refractivity contribution in [1.82, 2.24) is 9.88 Å². The average molecular weight is 326 g/mol. The van der Waals surface area contributed by atoms with Crippen molar-refractivity contribution in [3.8, 4) is 11.5 Å². The highest BCUT2D eigenvalue weighted by atomic mass is 16.5. The predicted octanol–water partition coefficient (Wildman–Crippen LogP) is 3.78. The van der Waals surface area contributed by atoms with E-state index >= 15 is 0 Å². The van der Waals surface area contributed by atoms with E-state index in [0.717, 1.165) is 43.0 Å². The summed E-state index contributed by atoms with van der Waals surface area (Å²) in [5, 5.41) is 9.43. The molecule has 1 saturated heterocycles. The van der Waals surface area contributed by atoms with Crippen molar-refractivity contribution in [2.24, 2.45) is 5.92 Å². The van der Waals surface area contributed by atoms with E-state index in [2.05, 4.69) is 35.9 Å². The first-order valence-corrected chi connectivity index (χ1v) is 8.68. The summed E-state index contributed by atoms with van der Waals surface area (Å²) in [5.74, 6) is 2.03. The van der Waals surface area contributed by atoms with E-state index in [0.29, 0.717) is 18.6 Å². The molecule has 3 rings (SSSR count). The van der Waals surface area contributed by atoms with Gasteiger partial charge in [0.1, 0.15) is 11.5 Å². The summed E-state index contributed by atoms with van der Waals surface area (Å²) in [7, 11) is 0. The van der Waals surface area contributed by atoms with Gasteiger partial charge >= 0.3 is 0 Å². The predicted molar refractivity (Wildman–Crippen MR) is 95.2 cm³/mol. The lowest BCUT2D eigenvalue weighted by Crippen LogP contribution is -2.42. The molecule has 0 aliphatic carbocycles. The van der Waals surface area contributed by atoms with Gasteiger partial charge in [0.05, 0.1) is 6.20 Å². The van der Waals surface area contributed by atoms with Crippen molar-refractivity contribution in [2.45, 2.75) is 39.3 Å². The molecule has 0 saturated carbocycles. The molecule has 0 amide bonds. The van der Waals surface area contributed by atoms with Gasteiger partial charge in [0.2, 0.25) is 0 Å². The SMILES string of the molecule is Cc1cc(CN2CC(CO)CCC2C)ccc1Oc1cccnc1. The van der Waals surface area contributed by atoms with E-state index < -0.39 is 0 Å². The van der Waals surface area contributed by atoms with Crippen molar-refractivity contribution in [3.63, 3.8) is 0 Å². The monoisotopic (exact) mass is 326 g/mol. The number of aryl methyl sites for hydroxylation is 1. The Morgan fingerprint density at radius 1 is 1.29 bits per heavy atom. The summed E-state index contributed by atoms with van der Waals surface area (Å²) in [5.41, 5.74) is 2.41. The molecule has 2 unspecified atom stereocenters. The molecule has 0 radical (unpaired) electrons. The number of rotatable bonds is 5. The average Bonchev–Trinajstić information content (AvgIpc) is 2.60. The lowest BCUT2D eigenvalue weighted by molar-refractivity contribution is 0.0771. The van der Waals surface area contributed by atoms with Crippen molar-refractivity contribution in [1.29, 1.82) is 0 Å². The van der Waals surface area contributed by atoms with Crippen LogP contribution in [0.15, 0.2) is 42.7 Å². The number of aliphatic hydroxyl groups is 1. The highest BCUT2D eigenvalue weighted by molar-refractivity contribution is 5.39. The van der Waals surface area contributed by atoms with Gasteiger partial charge in [-0.2, -0.15) is 0 Å². The molecule has 1 fully saturated rings. The van der Waals surface area contributed by atoms with Gasteiger partial charge in [0.15, 0.2) is 0 Å². The first-order chi connectivity index (χ1) is 11.7. The Bertz CT molecular complexity index is 660. The Balaban J connectivity index is 1.68. The Morgan fingerprint density at radius 2 is 2.17 bits per heavy atom. The molecule has 2 atom stereocenters. The molecule has 0 spiro atoms. The topological polar surface area (TPSA) is 45.6 Å². The normalized spacial score (nSPS) is 21.6. The van der Waals surface area contributed by atoms with E-state index in [4.69, 9.17) is 4.74 Å².